The molecular weight excluding hydrogens is 342 g/mol. The van der Waals surface area contributed by atoms with E-state index in [1.807, 2.05) is 23.2 Å². The molecular formula is C19H27N7O. The Morgan fingerprint density at radius 1 is 1.07 bits per heavy atom. The predicted molar refractivity (Wildman–Crippen MR) is 103 cm³/mol. The monoisotopic (exact) mass is 369 g/mol. The van der Waals surface area contributed by atoms with Gasteiger partial charge in [0, 0.05) is 57.7 Å². The van der Waals surface area contributed by atoms with Crippen LogP contribution in [0.2, 0.25) is 0 Å². The van der Waals surface area contributed by atoms with Gasteiger partial charge in [0.15, 0.2) is 5.82 Å². The van der Waals surface area contributed by atoms with Crippen molar-refractivity contribution in [2.45, 2.75) is 19.8 Å². The van der Waals surface area contributed by atoms with Crippen molar-refractivity contribution in [1.29, 1.82) is 0 Å². The molecule has 0 bridgehead atoms. The average Bonchev–Trinajstić information content (AvgIpc) is 3.24. The highest BCUT2D eigenvalue weighted by Gasteiger charge is 2.24. The molecule has 0 unspecified atom stereocenters. The summed E-state index contributed by atoms with van der Waals surface area (Å²) in [5.74, 6) is 2.70. The van der Waals surface area contributed by atoms with Gasteiger partial charge in [-0.3, -0.25) is 9.69 Å². The van der Waals surface area contributed by atoms with E-state index in [0.717, 1.165) is 69.7 Å². The molecule has 2 fully saturated rings. The van der Waals surface area contributed by atoms with E-state index in [9.17, 15) is 4.79 Å². The lowest BCUT2D eigenvalue weighted by molar-refractivity contribution is -0.133. The molecule has 0 aliphatic carbocycles. The molecule has 0 aromatic carbocycles. The van der Waals surface area contributed by atoms with Crippen LogP contribution >= 0.6 is 0 Å². The number of nitrogens with zero attached hydrogens (tertiary/aromatic N) is 7. The molecule has 27 heavy (non-hydrogen) atoms. The number of hydrogen-bond donors (Lipinski definition) is 0. The summed E-state index contributed by atoms with van der Waals surface area (Å²) in [7, 11) is 0. The molecule has 2 aromatic rings. The van der Waals surface area contributed by atoms with Crippen LogP contribution in [0, 0.1) is 5.92 Å². The average molecular weight is 369 g/mol. The van der Waals surface area contributed by atoms with E-state index in [2.05, 4.69) is 31.8 Å². The minimum Gasteiger partial charge on any atom is -0.354 e. The number of rotatable bonds is 4. The predicted octanol–water partition coefficient (Wildman–Crippen LogP) is 1.04. The van der Waals surface area contributed by atoms with Gasteiger partial charge >= 0.3 is 0 Å². The van der Waals surface area contributed by atoms with Crippen LogP contribution in [0.3, 0.4) is 0 Å². The summed E-state index contributed by atoms with van der Waals surface area (Å²) < 4.78 is 1.74. The van der Waals surface area contributed by atoms with Gasteiger partial charge in [-0.05, 0) is 24.8 Å². The third-order valence-corrected chi connectivity index (χ3v) is 5.57. The number of anilines is 1. The largest absolute Gasteiger partial charge is 0.354 e. The summed E-state index contributed by atoms with van der Waals surface area (Å²) >= 11 is 0. The summed E-state index contributed by atoms with van der Waals surface area (Å²) in [5, 5.41) is 4.22. The molecule has 2 aliphatic rings. The van der Waals surface area contributed by atoms with Crippen molar-refractivity contribution < 1.29 is 4.79 Å². The molecule has 4 rings (SSSR count). The van der Waals surface area contributed by atoms with Crippen molar-refractivity contribution in [3.05, 3.63) is 30.9 Å². The summed E-state index contributed by atoms with van der Waals surface area (Å²) in [6.45, 7) is 8.10. The number of piperidine rings is 1. The van der Waals surface area contributed by atoms with Crippen molar-refractivity contribution >= 4 is 11.7 Å². The van der Waals surface area contributed by atoms with Crippen molar-refractivity contribution in [1.82, 2.24) is 29.5 Å². The minimum absolute atomic E-state index is 0.276. The fourth-order valence-electron chi connectivity index (χ4n) is 3.72. The molecule has 2 aliphatic heterocycles. The maximum atomic E-state index is 12.5. The highest BCUT2D eigenvalue weighted by atomic mass is 16.2. The van der Waals surface area contributed by atoms with Gasteiger partial charge in [-0.2, -0.15) is 5.10 Å². The molecule has 0 radical (unpaired) electrons. The second-order valence-electron chi connectivity index (χ2n) is 7.51. The summed E-state index contributed by atoms with van der Waals surface area (Å²) in [4.78, 5) is 27.8. The normalized spacial score (nSPS) is 19.4. The van der Waals surface area contributed by atoms with Crippen LogP contribution in [0.1, 0.15) is 19.8 Å². The van der Waals surface area contributed by atoms with Gasteiger partial charge in [-0.25, -0.2) is 14.6 Å². The van der Waals surface area contributed by atoms with Gasteiger partial charge in [-0.15, -0.1) is 0 Å². The molecule has 8 nitrogen and oxygen atoms in total. The fraction of sp³-hybridized carbons (Fsp3) is 0.579. The maximum Gasteiger partial charge on any atom is 0.236 e. The third-order valence-electron chi connectivity index (χ3n) is 5.57. The highest BCUT2D eigenvalue weighted by Crippen LogP contribution is 2.18. The van der Waals surface area contributed by atoms with E-state index in [1.54, 1.807) is 17.2 Å². The van der Waals surface area contributed by atoms with Crippen molar-refractivity contribution in [2.24, 2.45) is 5.92 Å². The van der Waals surface area contributed by atoms with Gasteiger partial charge in [0.25, 0.3) is 0 Å². The van der Waals surface area contributed by atoms with E-state index in [1.165, 1.54) is 0 Å². The van der Waals surface area contributed by atoms with Crippen LogP contribution in [0.15, 0.2) is 30.9 Å². The Morgan fingerprint density at radius 2 is 1.81 bits per heavy atom. The van der Waals surface area contributed by atoms with E-state index in [0.29, 0.717) is 6.54 Å². The molecule has 2 aromatic heterocycles. The number of aromatic nitrogens is 4. The van der Waals surface area contributed by atoms with Crippen molar-refractivity contribution in [3.8, 4) is 5.82 Å². The number of carbonyl (C=O) groups is 1. The maximum absolute atomic E-state index is 12.5. The quantitative estimate of drug-likeness (QED) is 0.802. The van der Waals surface area contributed by atoms with Crippen LogP contribution < -0.4 is 4.90 Å². The van der Waals surface area contributed by atoms with Crippen molar-refractivity contribution in [3.63, 3.8) is 0 Å². The van der Waals surface area contributed by atoms with Gasteiger partial charge in [0.1, 0.15) is 12.1 Å². The van der Waals surface area contributed by atoms with E-state index >= 15 is 0 Å². The summed E-state index contributed by atoms with van der Waals surface area (Å²) in [6, 6.07) is 3.84. The SMILES string of the molecule is CC1CCN(C(=O)CN2CCN(c3cc(-n4cccn4)ncn3)CC2)CC1. The fourth-order valence-corrected chi connectivity index (χ4v) is 3.72. The second kappa shape index (κ2) is 8.04. The van der Waals surface area contributed by atoms with E-state index < -0.39 is 0 Å². The number of likely N-dealkylation sites (tertiary alicyclic amines) is 1. The van der Waals surface area contributed by atoms with E-state index in [-0.39, 0.29) is 5.91 Å². The Kier molecular flexibility index (Phi) is 5.33. The zero-order valence-electron chi connectivity index (χ0n) is 15.9. The standard InChI is InChI=1S/C19H27N7O/c1-16-3-7-25(8-4-16)19(27)14-23-9-11-24(12-10-23)17-13-18(21-15-20-17)26-6-2-5-22-26/h2,5-6,13,15-16H,3-4,7-12,14H2,1H3. The van der Waals surface area contributed by atoms with Crippen LogP contribution in [0.4, 0.5) is 5.82 Å². The number of hydrogen-bond acceptors (Lipinski definition) is 6. The smallest absolute Gasteiger partial charge is 0.236 e. The van der Waals surface area contributed by atoms with Crippen LogP contribution in [-0.4, -0.2) is 81.3 Å². The van der Waals surface area contributed by atoms with Crippen LogP contribution in [0.25, 0.3) is 5.82 Å². The second-order valence-corrected chi connectivity index (χ2v) is 7.51. The summed E-state index contributed by atoms with van der Waals surface area (Å²) in [5.41, 5.74) is 0. The first-order chi connectivity index (χ1) is 13.2. The summed E-state index contributed by atoms with van der Waals surface area (Å²) in [6.07, 6.45) is 7.45. The molecule has 0 atom stereocenters. The molecule has 2 saturated heterocycles. The van der Waals surface area contributed by atoms with Gasteiger partial charge in [-0.1, -0.05) is 6.92 Å². The molecule has 4 heterocycles. The van der Waals surface area contributed by atoms with Crippen LogP contribution in [-0.2, 0) is 4.79 Å². The Labute approximate surface area is 159 Å². The Balaban J connectivity index is 1.30. The molecule has 8 heteroatoms. The van der Waals surface area contributed by atoms with Gasteiger partial charge in [0.2, 0.25) is 5.91 Å². The molecule has 0 N–H and O–H groups in total. The first-order valence-electron chi connectivity index (χ1n) is 9.76. The van der Waals surface area contributed by atoms with Crippen LogP contribution in [0.5, 0.6) is 0 Å². The molecule has 1 amide bonds. The minimum atomic E-state index is 0.276. The lowest BCUT2D eigenvalue weighted by atomic mass is 9.99. The number of carbonyl (C=O) groups excluding carboxylic acids is 1. The van der Waals surface area contributed by atoms with Gasteiger partial charge in [0.05, 0.1) is 6.54 Å². The van der Waals surface area contributed by atoms with Gasteiger partial charge < -0.3 is 9.80 Å². The first-order valence-corrected chi connectivity index (χ1v) is 9.76. The lowest BCUT2D eigenvalue weighted by Gasteiger charge is -2.37. The van der Waals surface area contributed by atoms with Crippen molar-refractivity contribution in [2.75, 3.05) is 50.7 Å². The Morgan fingerprint density at radius 3 is 2.52 bits per heavy atom. The third kappa shape index (κ3) is 4.27. The Bertz CT molecular complexity index is 747. The number of amides is 1. The first kappa shape index (κ1) is 17.9. The Hall–Kier alpha value is -2.48. The van der Waals surface area contributed by atoms with E-state index in [4.69, 9.17) is 0 Å². The lowest BCUT2D eigenvalue weighted by Crippen LogP contribution is -2.51. The zero-order valence-corrected chi connectivity index (χ0v) is 15.9. The molecule has 144 valence electrons. The topological polar surface area (TPSA) is 70.4 Å². The molecule has 0 spiro atoms. The zero-order chi connectivity index (χ0) is 18.6. The number of piperazine rings is 1. The molecule has 0 saturated carbocycles. The highest BCUT2D eigenvalue weighted by molar-refractivity contribution is 5.78.